The van der Waals surface area contributed by atoms with Crippen LogP contribution in [0.15, 0.2) is 12.2 Å². The van der Waals surface area contributed by atoms with Gasteiger partial charge < -0.3 is 27.9 Å². The van der Waals surface area contributed by atoms with Crippen molar-refractivity contribution >= 4 is 19.8 Å². The first kappa shape index (κ1) is 44.8. The number of phosphoric ester groups is 1. The van der Waals surface area contributed by atoms with Crippen LogP contribution in [-0.4, -0.2) is 70.0 Å². The molecule has 0 aromatic carbocycles. The van der Waals surface area contributed by atoms with Crippen LogP contribution in [0.25, 0.3) is 0 Å². The van der Waals surface area contributed by atoms with E-state index in [0.29, 0.717) is 23.9 Å². The molecule has 0 aliphatic rings. The number of rotatable bonds is 33. The SMILES string of the molecule is CCCCCCCCCCC/C=C/CCCCC(=O)OC[C@@H](COP(=O)([O-])OCC[N+](C)(C)C)OC(=O)CCCCCCCCC. The van der Waals surface area contributed by atoms with Gasteiger partial charge in [0.05, 0.1) is 27.7 Å². The largest absolute Gasteiger partial charge is 0.756 e. The fourth-order valence-corrected chi connectivity index (χ4v) is 5.55. The van der Waals surface area contributed by atoms with Crippen molar-refractivity contribution in [1.82, 2.24) is 0 Å². The van der Waals surface area contributed by atoms with Gasteiger partial charge in [-0.3, -0.25) is 14.2 Å². The molecule has 46 heavy (non-hydrogen) atoms. The second-order valence-electron chi connectivity index (χ2n) is 13.6. The number of esters is 2. The third-order valence-corrected chi connectivity index (χ3v) is 8.75. The molecule has 9 nitrogen and oxygen atoms in total. The van der Waals surface area contributed by atoms with Gasteiger partial charge in [0.2, 0.25) is 0 Å². The number of carbonyl (C=O) groups is 2. The van der Waals surface area contributed by atoms with Gasteiger partial charge in [0.15, 0.2) is 6.10 Å². The fourth-order valence-electron chi connectivity index (χ4n) is 4.82. The van der Waals surface area contributed by atoms with Crippen LogP contribution in [0.4, 0.5) is 0 Å². The molecule has 0 aromatic rings. The monoisotopic (exact) mass is 675 g/mol. The zero-order valence-electron chi connectivity index (χ0n) is 30.3. The quantitative estimate of drug-likeness (QED) is 0.0223. The smallest absolute Gasteiger partial charge is 0.306 e. The molecule has 0 saturated carbocycles. The van der Waals surface area contributed by atoms with Gasteiger partial charge in [0, 0.05) is 12.8 Å². The Bertz CT molecular complexity index is 814. The van der Waals surface area contributed by atoms with Crippen LogP contribution < -0.4 is 4.89 Å². The van der Waals surface area contributed by atoms with Crippen molar-refractivity contribution in [2.45, 2.75) is 161 Å². The lowest BCUT2D eigenvalue weighted by molar-refractivity contribution is -0.870. The lowest BCUT2D eigenvalue weighted by Crippen LogP contribution is -2.37. The van der Waals surface area contributed by atoms with Gasteiger partial charge in [-0.25, -0.2) is 0 Å². The minimum absolute atomic E-state index is 0.0313. The maximum absolute atomic E-state index is 12.5. The van der Waals surface area contributed by atoms with Crippen LogP contribution in [0.2, 0.25) is 0 Å². The van der Waals surface area contributed by atoms with Gasteiger partial charge in [-0.1, -0.05) is 116 Å². The maximum Gasteiger partial charge on any atom is 0.306 e. The van der Waals surface area contributed by atoms with E-state index in [0.717, 1.165) is 38.5 Å². The molecule has 2 atom stereocenters. The molecule has 0 amide bonds. The minimum atomic E-state index is -4.61. The van der Waals surface area contributed by atoms with Crippen molar-refractivity contribution in [1.29, 1.82) is 0 Å². The van der Waals surface area contributed by atoms with E-state index >= 15 is 0 Å². The van der Waals surface area contributed by atoms with E-state index in [1.807, 2.05) is 21.1 Å². The third-order valence-electron chi connectivity index (χ3n) is 7.79. The molecule has 0 saturated heterocycles. The summed E-state index contributed by atoms with van der Waals surface area (Å²) in [6.07, 6.45) is 26.9. The second kappa shape index (κ2) is 29.9. The van der Waals surface area contributed by atoms with E-state index in [9.17, 15) is 19.0 Å². The zero-order valence-corrected chi connectivity index (χ0v) is 31.2. The Balaban J connectivity index is 4.39. The predicted octanol–water partition coefficient (Wildman–Crippen LogP) is 8.83. The summed E-state index contributed by atoms with van der Waals surface area (Å²) in [6.45, 7) is 4.14. The molecule has 1 unspecified atom stereocenters. The van der Waals surface area contributed by atoms with Crippen LogP contribution >= 0.6 is 7.82 Å². The highest BCUT2D eigenvalue weighted by Gasteiger charge is 2.21. The first-order valence-corrected chi connectivity index (χ1v) is 19.9. The second-order valence-corrected chi connectivity index (χ2v) is 15.0. The van der Waals surface area contributed by atoms with Crippen molar-refractivity contribution in [2.75, 3.05) is 47.5 Å². The summed E-state index contributed by atoms with van der Waals surface area (Å²) in [4.78, 5) is 37.1. The van der Waals surface area contributed by atoms with Gasteiger partial charge in [-0.15, -0.1) is 0 Å². The third kappa shape index (κ3) is 32.7. The summed E-state index contributed by atoms with van der Waals surface area (Å²) in [6, 6.07) is 0. The van der Waals surface area contributed by atoms with Crippen LogP contribution in [-0.2, 0) is 32.7 Å². The van der Waals surface area contributed by atoms with Gasteiger partial charge in [-0.05, 0) is 38.5 Å². The van der Waals surface area contributed by atoms with Crippen molar-refractivity contribution in [2.24, 2.45) is 0 Å². The lowest BCUT2D eigenvalue weighted by atomic mass is 10.1. The number of ether oxygens (including phenoxy) is 2. The lowest BCUT2D eigenvalue weighted by Gasteiger charge is -2.28. The Morgan fingerprint density at radius 2 is 1.11 bits per heavy atom. The van der Waals surface area contributed by atoms with Gasteiger partial charge >= 0.3 is 11.9 Å². The number of allylic oxidation sites excluding steroid dienone is 2. The van der Waals surface area contributed by atoms with Crippen molar-refractivity contribution < 1.29 is 42.1 Å². The summed E-state index contributed by atoms with van der Waals surface area (Å²) in [5, 5.41) is 0. The molecule has 0 N–H and O–H groups in total. The minimum Gasteiger partial charge on any atom is -0.756 e. The summed E-state index contributed by atoms with van der Waals surface area (Å²) in [5.41, 5.74) is 0. The normalized spacial score (nSPS) is 14.0. The molecule has 0 fully saturated rings. The standard InChI is InChI=1S/C36H70NO8P/c1-6-8-10-12-14-15-16-17-18-19-20-21-23-24-26-28-35(38)42-32-34(33-44-46(40,41)43-31-30-37(3,4)5)45-36(39)29-27-25-22-13-11-9-7-2/h20-21,34H,6-19,22-33H2,1-5H3/b21-20+/t34-/m0/s1. The van der Waals surface area contributed by atoms with Crippen LogP contribution in [0.3, 0.4) is 0 Å². The maximum atomic E-state index is 12.5. The molecule has 0 aliphatic heterocycles. The van der Waals surface area contributed by atoms with E-state index in [1.165, 1.54) is 77.0 Å². The number of likely N-dealkylation sites (N-methyl/N-ethyl adjacent to an activating group) is 1. The Morgan fingerprint density at radius 1 is 0.652 bits per heavy atom. The molecule has 0 spiro atoms. The fraction of sp³-hybridized carbons (Fsp3) is 0.889. The molecule has 272 valence electrons. The Kier molecular flexibility index (Phi) is 29.0. The van der Waals surface area contributed by atoms with E-state index in [2.05, 4.69) is 26.0 Å². The van der Waals surface area contributed by atoms with E-state index in [4.69, 9.17) is 18.5 Å². The highest BCUT2D eigenvalue weighted by Crippen LogP contribution is 2.38. The highest BCUT2D eigenvalue weighted by molar-refractivity contribution is 7.45. The zero-order chi connectivity index (χ0) is 34.4. The molecular weight excluding hydrogens is 605 g/mol. The molecule has 0 radical (unpaired) electrons. The Hall–Kier alpha value is -1.25. The van der Waals surface area contributed by atoms with Gasteiger partial charge in [0.1, 0.15) is 19.8 Å². The topological polar surface area (TPSA) is 111 Å². The average molecular weight is 676 g/mol. The number of phosphoric acid groups is 1. The van der Waals surface area contributed by atoms with Gasteiger partial charge in [-0.2, -0.15) is 0 Å². The van der Waals surface area contributed by atoms with Crippen LogP contribution in [0, 0.1) is 0 Å². The van der Waals surface area contributed by atoms with E-state index < -0.39 is 32.5 Å². The molecule has 0 aromatic heterocycles. The van der Waals surface area contributed by atoms with E-state index in [1.54, 1.807) is 0 Å². The van der Waals surface area contributed by atoms with Gasteiger partial charge in [0.25, 0.3) is 7.82 Å². The number of nitrogens with zero attached hydrogens (tertiary/aromatic N) is 1. The van der Waals surface area contributed by atoms with Crippen molar-refractivity contribution in [3.05, 3.63) is 12.2 Å². The molecular formula is C36H70NO8P. The average Bonchev–Trinajstić information content (AvgIpc) is 2.99. The molecule has 10 heteroatoms. The number of hydrogen-bond donors (Lipinski definition) is 0. The molecule has 0 rings (SSSR count). The summed E-state index contributed by atoms with van der Waals surface area (Å²) in [7, 11) is 1.16. The van der Waals surface area contributed by atoms with Crippen molar-refractivity contribution in [3.63, 3.8) is 0 Å². The van der Waals surface area contributed by atoms with E-state index in [-0.39, 0.29) is 26.1 Å². The Labute approximate surface area is 282 Å². The number of unbranched alkanes of at least 4 members (excludes halogenated alkanes) is 17. The summed E-state index contributed by atoms with van der Waals surface area (Å²) < 4.78 is 33.6. The number of carbonyl (C=O) groups excluding carboxylic acids is 2. The number of hydrogen-bond acceptors (Lipinski definition) is 8. The van der Waals surface area contributed by atoms with Crippen molar-refractivity contribution in [3.8, 4) is 0 Å². The summed E-state index contributed by atoms with van der Waals surface area (Å²) >= 11 is 0. The first-order valence-electron chi connectivity index (χ1n) is 18.4. The number of quaternary nitrogens is 1. The van der Waals surface area contributed by atoms with Crippen LogP contribution in [0.5, 0.6) is 0 Å². The Morgan fingerprint density at radius 3 is 1.65 bits per heavy atom. The molecule has 0 aliphatic carbocycles. The highest BCUT2D eigenvalue weighted by atomic mass is 31.2. The first-order chi connectivity index (χ1) is 22.0. The predicted molar refractivity (Wildman–Crippen MR) is 185 cm³/mol. The van der Waals surface area contributed by atoms with Crippen LogP contribution in [0.1, 0.15) is 155 Å². The summed E-state index contributed by atoms with van der Waals surface area (Å²) in [5.74, 6) is -0.865. The molecule has 0 bridgehead atoms. The molecule has 0 heterocycles.